The van der Waals surface area contributed by atoms with E-state index in [9.17, 15) is 21.6 Å². The monoisotopic (exact) mass is 384 g/mol. The topological polar surface area (TPSA) is 76.9 Å². The quantitative estimate of drug-likeness (QED) is 0.821. The number of hydrogen-bond donors (Lipinski definition) is 1. The van der Waals surface area contributed by atoms with Gasteiger partial charge in [-0.2, -0.15) is 18.3 Å². The van der Waals surface area contributed by atoms with E-state index >= 15 is 0 Å². The molecule has 1 N–H and O–H groups in total. The Bertz CT molecular complexity index is 731. The number of nitrogens with one attached hydrogen (secondary N) is 1. The van der Waals surface area contributed by atoms with Crippen LogP contribution in [0.15, 0.2) is 30.9 Å². The molecule has 2 rings (SSSR count). The SMILES string of the molecule is O=S(=O)(CBr)Nc1cc(C(F)(F)F)ccc1-n1cncn1. The average molecular weight is 385 g/mol. The highest BCUT2D eigenvalue weighted by molar-refractivity contribution is 9.10. The number of benzene rings is 1. The second kappa shape index (κ2) is 5.64. The molecular formula is C10H8BrF3N4O2S. The van der Waals surface area contributed by atoms with Crippen LogP contribution in [0.3, 0.4) is 0 Å². The highest BCUT2D eigenvalue weighted by atomic mass is 79.9. The second-order valence-electron chi connectivity index (χ2n) is 3.90. The molecule has 11 heteroatoms. The molecule has 0 radical (unpaired) electrons. The third-order valence-corrected chi connectivity index (χ3v) is 5.02. The number of alkyl halides is 4. The fraction of sp³-hybridized carbons (Fsp3) is 0.200. The summed E-state index contributed by atoms with van der Waals surface area (Å²) in [6, 6.07) is 2.66. The standard InChI is InChI=1S/C10H8BrF3N4O2S/c11-4-21(19,20)17-8-3-7(10(12,13)14)1-2-9(8)18-6-15-5-16-18/h1-3,5-6,17H,4H2. The maximum atomic E-state index is 12.7. The minimum Gasteiger partial charge on any atom is -0.281 e. The van der Waals surface area contributed by atoms with Crippen molar-refractivity contribution in [1.29, 1.82) is 0 Å². The summed E-state index contributed by atoms with van der Waals surface area (Å²) in [5, 5.41) is 3.77. The smallest absolute Gasteiger partial charge is 0.281 e. The van der Waals surface area contributed by atoms with Crippen LogP contribution in [0.25, 0.3) is 5.69 Å². The Kier molecular flexibility index (Phi) is 4.23. The molecule has 1 aromatic heterocycles. The first-order valence-corrected chi connectivity index (χ1v) is 8.13. The zero-order valence-electron chi connectivity index (χ0n) is 10.2. The largest absolute Gasteiger partial charge is 0.416 e. The Morgan fingerprint density at radius 2 is 2.05 bits per heavy atom. The number of rotatable bonds is 4. The lowest BCUT2D eigenvalue weighted by molar-refractivity contribution is -0.137. The van der Waals surface area contributed by atoms with Crippen LogP contribution in [0, 0.1) is 0 Å². The van der Waals surface area contributed by atoms with Gasteiger partial charge in [-0.1, -0.05) is 15.9 Å². The lowest BCUT2D eigenvalue weighted by Crippen LogP contribution is -2.16. The number of halogens is 4. The van der Waals surface area contributed by atoms with Gasteiger partial charge in [-0.25, -0.2) is 18.1 Å². The van der Waals surface area contributed by atoms with E-state index in [0.29, 0.717) is 6.07 Å². The van der Waals surface area contributed by atoms with Gasteiger partial charge >= 0.3 is 6.18 Å². The fourth-order valence-corrected chi connectivity index (χ4v) is 2.42. The van der Waals surface area contributed by atoms with Gasteiger partial charge in [0, 0.05) is 0 Å². The molecule has 2 aromatic rings. The summed E-state index contributed by atoms with van der Waals surface area (Å²) >= 11 is 2.75. The van der Waals surface area contributed by atoms with E-state index in [4.69, 9.17) is 0 Å². The minimum absolute atomic E-state index is 0.130. The molecule has 0 aliphatic heterocycles. The molecule has 0 amide bonds. The van der Waals surface area contributed by atoms with Crippen LogP contribution in [0.5, 0.6) is 0 Å². The van der Waals surface area contributed by atoms with Gasteiger partial charge in [0.2, 0.25) is 10.0 Å². The minimum atomic E-state index is -4.59. The molecule has 1 aromatic carbocycles. The molecule has 0 bridgehead atoms. The van der Waals surface area contributed by atoms with E-state index in [1.165, 1.54) is 12.7 Å². The van der Waals surface area contributed by atoms with Gasteiger partial charge in [0.15, 0.2) is 0 Å². The van der Waals surface area contributed by atoms with E-state index in [1.54, 1.807) is 0 Å². The van der Waals surface area contributed by atoms with Crippen molar-refractivity contribution in [3.63, 3.8) is 0 Å². The first-order chi connectivity index (χ1) is 9.73. The van der Waals surface area contributed by atoms with Crippen molar-refractivity contribution in [3.05, 3.63) is 36.4 Å². The zero-order chi connectivity index (χ0) is 15.7. The summed E-state index contributed by atoms with van der Waals surface area (Å²) in [4.78, 5) is 3.67. The van der Waals surface area contributed by atoms with Gasteiger partial charge in [-0.05, 0) is 18.2 Å². The Balaban J connectivity index is 2.56. The van der Waals surface area contributed by atoms with E-state index in [1.807, 2.05) is 0 Å². The molecule has 0 saturated heterocycles. The third kappa shape index (κ3) is 3.73. The maximum Gasteiger partial charge on any atom is 0.416 e. The summed E-state index contributed by atoms with van der Waals surface area (Å²) in [5.41, 5.74) is -1.08. The lowest BCUT2D eigenvalue weighted by Gasteiger charge is -2.14. The van der Waals surface area contributed by atoms with Gasteiger partial charge < -0.3 is 0 Å². The summed E-state index contributed by atoms with van der Waals surface area (Å²) in [7, 11) is -3.81. The van der Waals surface area contributed by atoms with Gasteiger partial charge in [0.05, 0.1) is 16.9 Å². The Hall–Kier alpha value is -1.62. The Labute approximate surface area is 126 Å². The molecule has 0 spiro atoms. The first-order valence-electron chi connectivity index (χ1n) is 5.35. The summed E-state index contributed by atoms with van der Waals surface area (Å²) in [6.07, 6.45) is -2.16. The lowest BCUT2D eigenvalue weighted by atomic mass is 10.1. The summed E-state index contributed by atoms with van der Waals surface area (Å²) in [6.45, 7) is 0. The van der Waals surface area contributed by atoms with Gasteiger partial charge in [0.1, 0.15) is 17.3 Å². The van der Waals surface area contributed by atoms with E-state index in [0.717, 1.165) is 16.8 Å². The van der Waals surface area contributed by atoms with Crippen LogP contribution >= 0.6 is 15.9 Å². The van der Waals surface area contributed by atoms with Crippen molar-refractivity contribution in [3.8, 4) is 5.69 Å². The first kappa shape index (κ1) is 15.8. The molecule has 0 fully saturated rings. The van der Waals surface area contributed by atoms with E-state index in [2.05, 4.69) is 30.7 Å². The number of sulfonamides is 1. The second-order valence-corrected chi connectivity index (χ2v) is 6.92. The van der Waals surface area contributed by atoms with Crippen LogP contribution < -0.4 is 4.72 Å². The molecule has 0 aliphatic carbocycles. The molecule has 0 unspecified atom stereocenters. The fourth-order valence-electron chi connectivity index (χ4n) is 1.52. The van der Waals surface area contributed by atoms with Crippen LogP contribution in [-0.4, -0.2) is 27.8 Å². The van der Waals surface area contributed by atoms with Crippen molar-refractivity contribution in [2.75, 3.05) is 9.38 Å². The van der Waals surface area contributed by atoms with Crippen molar-refractivity contribution in [1.82, 2.24) is 14.8 Å². The van der Waals surface area contributed by atoms with Crippen LogP contribution in [0.2, 0.25) is 0 Å². The van der Waals surface area contributed by atoms with Gasteiger partial charge in [0.25, 0.3) is 0 Å². The summed E-state index contributed by atoms with van der Waals surface area (Å²) < 4.78 is 64.1. The van der Waals surface area contributed by atoms with Crippen LogP contribution in [-0.2, 0) is 16.2 Å². The van der Waals surface area contributed by atoms with Crippen molar-refractivity contribution in [2.45, 2.75) is 6.18 Å². The molecule has 21 heavy (non-hydrogen) atoms. The van der Waals surface area contributed by atoms with Crippen molar-refractivity contribution in [2.24, 2.45) is 0 Å². The van der Waals surface area contributed by atoms with E-state index in [-0.39, 0.29) is 11.4 Å². The van der Waals surface area contributed by atoms with Crippen LogP contribution in [0.1, 0.15) is 5.56 Å². The highest BCUT2D eigenvalue weighted by Crippen LogP contribution is 2.33. The number of aromatic nitrogens is 3. The molecular weight excluding hydrogens is 377 g/mol. The Morgan fingerprint density at radius 3 is 2.57 bits per heavy atom. The predicted octanol–water partition coefficient (Wildman–Crippen LogP) is 2.38. The van der Waals surface area contributed by atoms with Crippen molar-refractivity contribution < 1.29 is 21.6 Å². The van der Waals surface area contributed by atoms with E-state index < -0.39 is 26.4 Å². The highest BCUT2D eigenvalue weighted by Gasteiger charge is 2.31. The number of hydrogen-bond acceptors (Lipinski definition) is 4. The molecule has 0 saturated carbocycles. The predicted molar refractivity (Wildman–Crippen MR) is 72.7 cm³/mol. The summed E-state index contributed by atoms with van der Waals surface area (Å²) in [5.74, 6) is 0. The van der Waals surface area contributed by atoms with Gasteiger partial charge in [-0.3, -0.25) is 4.72 Å². The molecule has 0 atom stereocenters. The number of nitrogens with zero attached hydrogens (tertiary/aromatic N) is 3. The van der Waals surface area contributed by atoms with Crippen LogP contribution in [0.4, 0.5) is 18.9 Å². The molecule has 114 valence electrons. The normalized spacial score (nSPS) is 12.4. The zero-order valence-corrected chi connectivity index (χ0v) is 12.6. The maximum absolute atomic E-state index is 12.7. The molecule has 6 nitrogen and oxygen atoms in total. The third-order valence-electron chi connectivity index (χ3n) is 2.40. The van der Waals surface area contributed by atoms with Gasteiger partial charge in [-0.15, -0.1) is 0 Å². The number of anilines is 1. The Morgan fingerprint density at radius 1 is 1.33 bits per heavy atom. The molecule has 1 heterocycles. The molecule has 0 aliphatic rings. The van der Waals surface area contributed by atoms with Crippen molar-refractivity contribution >= 4 is 31.6 Å². The average Bonchev–Trinajstić information content (AvgIpc) is 2.91.